The minimum atomic E-state index is 0.142. The van der Waals surface area contributed by atoms with E-state index in [9.17, 15) is 4.79 Å². The number of hydrogen-bond donors (Lipinski definition) is 0. The van der Waals surface area contributed by atoms with Gasteiger partial charge in [-0.2, -0.15) is 5.10 Å². The lowest BCUT2D eigenvalue weighted by Gasteiger charge is -2.38. The number of piperazine rings is 1. The van der Waals surface area contributed by atoms with Crippen LogP contribution in [0.2, 0.25) is 0 Å². The van der Waals surface area contributed by atoms with Gasteiger partial charge in [-0.15, -0.1) is 0 Å². The Hall–Kier alpha value is -2.96. The van der Waals surface area contributed by atoms with Crippen molar-refractivity contribution in [2.45, 2.75) is 38.6 Å². The summed E-state index contributed by atoms with van der Waals surface area (Å²) in [5.74, 6) is 1.50. The molecule has 0 aliphatic carbocycles. The van der Waals surface area contributed by atoms with Gasteiger partial charge in [-0.1, -0.05) is 12.1 Å². The summed E-state index contributed by atoms with van der Waals surface area (Å²) in [6, 6.07) is 8.61. The number of amides is 1. The van der Waals surface area contributed by atoms with Crippen LogP contribution in [-0.2, 0) is 11.2 Å². The van der Waals surface area contributed by atoms with Crippen LogP contribution in [0, 0.1) is 12.8 Å². The van der Waals surface area contributed by atoms with Gasteiger partial charge in [0.2, 0.25) is 5.91 Å². The first-order valence-corrected chi connectivity index (χ1v) is 10.4. The van der Waals surface area contributed by atoms with E-state index in [1.165, 1.54) is 11.1 Å². The Bertz CT molecular complexity index is 1010. The molecule has 2 fully saturated rings. The molecule has 0 bridgehead atoms. The first-order valence-electron chi connectivity index (χ1n) is 10.4. The summed E-state index contributed by atoms with van der Waals surface area (Å²) in [5, 5.41) is 4.20. The van der Waals surface area contributed by atoms with E-state index in [-0.39, 0.29) is 5.92 Å². The predicted molar refractivity (Wildman–Crippen MR) is 111 cm³/mol. The Balaban J connectivity index is 1.19. The van der Waals surface area contributed by atoms with Gasteiger partial charge < -0.3 is 9.80 Å². The van der Waals surface area contributed by atoms with E-state index in [4.69, 9.17) is 0 Å². The highest BCUT2D eigenvalue weighted by atomic mass is 16.2. The lowest BCUT2D eigenvalue weighted by molar-refractivity contribution is -0.132. The maximum Gasteiger partial charge on any atom is 0.226 e. The zero-order valence-electron chi connectivity index (χ0n) is 16.7. The molecule has 0 N–H and O–H groups in total. The first-order chi connectivity index (χ1) is 14.2. The van der Waals surface area contributed by atoms with Crippen LogP contribution in [-0.4, -0.2) is 56.1 Å². The molecule has 0 radical (unpaired) electrons. The summed E-state index contributed by atoms with van der Waals surface area (Å²) in [4.78, 5) is 26.3. The van der Waals surface area contributed by atoms with Crippen LogP contribution in [0.5, 0.6) is 0 Å². The van der Waals surface area contributed by atoms with Crippen molar-refractivity contribution in [1.29, 1.82) is 0 Å². The van der Waals surface area contributed by atoms with Crippen molar-refractivity contribution < 1.29 is 4.79 Å². The Morgan fingerprint density at radius 2 is 2.10 bits per heavy atom. The summed E-state index contributed by atoms with van der Waals surface area (Å²) in [5.41, 5.74) is 3.29. The molecule has 0 unspecified atom stereocenters. The zero-order chi connectivity index (χ0) is 19.8. The van der Waals surface area contributed by atoms with E-state index >= 15 is 0 Å². The molecule has 0 saturated carbocycles. The summed E-state index contributed by atoms with van der Waals surface area (Å²) in [6.07, 6.45) is 9.23. The SMILES string of the molecule is Cc1ccc(N2CCN3C(=O)[C@H](CCCc4cccn5ncnc45)C[C@@H]3C2)nc1. The molecule has 29 heavy (non-hydrogen) atoms. The van der Waals surface area contributed by atoms with E-state index in [2.05, 4.69) is 50.0 Å². The third-order valence-electron chi connectivity index (χ3n) is 6.28. The van der Waals surface area contributed by atoms with Gasteiger partial charge in [0, 0.05) is 37.9 Å². The molecule has 3 aromatic heterocycles. The third kappa shape index (κ3) is 3.45. The number of fused-ring (bicyclic) bond motifs is 2. The number of carbonyl (C=O) groups is 1. The van der Waals surface area contributed by atoms with Crippen molar-refractivity contribution in [3.63, 3.8) is 0 Å². The smallest absolute Gasteiger partial charge is 0.226 e. The second kappa shape index (κ2) is 7.46. The second-order valence-corrected chi connectivity index (χ2v) is 8.21. The lowest BCUT2D eigenvalue weighted by atomic mass is 9.96. The average Bonchev–Trinajstić information content (AvgIpc) is 3.34. The van der Waals surface area contributed by atoms with Gasteiger partial charge in [-0.3, -0.25) is 4.79 Å². The fourth-order valence-electron chi connectivity index (χ4n) is 4.75. The molecule has 2 aliphatic heterocycles. The van der Waals surface area contributed by atoms with E-state index in [1.807, 2.05) is 23.0 Å². The molecule has 5 heterocycles. The summed E-state index contributed by atoms with van der Waals surface area (Å²) >= 11 is 0. The highest BCUT2D eigenvalue weighted by molar-refractivity contribution is 5.82. The van der Waals surface area contributed by atoms with E-state index in [0.717, 1.165) is 56.8 Å². The van der Waals surface area contributed by atoms with Crippen molar-refractivity contribution in [2.75, 3.05) is 24.5 Å². The molecule has 2 aliphatic rings. The minimum absolute atomic E-state index is 0.142. The maximum atomic E-state index is 12.9. The van der Waals surface area contributed by atoms with Crippen LogP contribution in [0.3, 0.4) is 0 Å². The third-order valence-corrected chi connectivity index (χ3v) is 6.28. The van der Waals surface area contributed by atoms with Gasteiger partial charge in [0.15, 0.2) is 5.65 Å². The summed E-state index contributed by atoms with van der Waals surface area (Å²) in [7, 11) is 0. The largest absolute Gasteiger partial charge is 0.353 e. The second-order valence-electron chi connectivity index (χ2n) is 8.21. The van der Waals surface area contributed by atoms with Crippen molar-refractivity contribution in [1.82, 2.24) is 24.5 Å². The molecule has 2 atom stereocenters. The Morgan fingerprint density at radius 3 is 2.97 bits per heavy atom. The fourth-order valence-corrected chi connectivity index (χ4v) is 4.75. The number of aryl methyl sites for hydroxylation is 2. The molecule has 0 aromatic carbocycles. The molecule has 0 spiro atoms. The van der Waals surface area contributed by atoms with Crippen molar-refractivity contribution in [2.24, 2.45) is 5.92 Å². The van der Waals surface area contributed by atoms with Gasteiger partial charge in [-0.25, -0.2) is 14.5 Å². The van der Waals surface area contributed by atoms with E-state index in [1.54, 1.807) is 6.33 Å². The Morgan fingerprint density at radius 1 is 1.17 bits per heavy atom. The Kier molecular flexibility index (Phi) is 4.66. The maximum absolute atomic E-state index is 12.9. The average molecular weight is 390 g/mol. The van der Waals surface area contributed by atoms with Gasteiger partial charge in [0.05, 0.1) is 6.04 Å². The summed E-state index contributed by atoms with van der Waals surface area (Å²) in [6.45, 7) is 4.60. The van der Waals surface area contributed by atoms with Crippen molar-refractivity contribution in [3.05, 3.63) is 54.1 Å². The first kappa shape index (κ1) is 18.1. The lowest BCUT2D eigenvalue weighted by Crippen LogP contribution is -2.51. The molecular formula is C22H26N6O. The number of pyridine rings is 2. The normalized spacial score (nSPS) is 21.8. The summed E-state index contributed by atoms with van der Waals surface area (Å²) < 4.78 is 1.81. The molecule has 2 saturated heterocycles. The van der Waals surface area contributed by atoms with Crippen LogP contribution in [0.25, 0.3) is 5.65 Å². The molecular weight excluding hydrogens is 364 g/mol. The molecule has 7 heteroatoms. The molecule has 5 rings (SSSR count). The van der Waals surface area contributed by atoms with Crippen LogP contribution in [0.1, 0.15) is 30.4 Å². The standard InChI is InChI=1S/C22H26N6O/c1-16-7-8-20(23-13-16)26-10-11-27-19(14-26)12-18(22(27)29)5-2-4-17-6-3-9-28-21(17)24-15-25-28/h3,6-9,13,15,18-19H,2,4-5,10-12,14H2,1H3/t18-,19-/m1/s1. The van der Waals surface area contributed by atoms with E-state index < -0.39 is 0 Å². The minimum Gasteiger partial charge on any atom is -0.353 e. The monoisotopic (exact) mass is 390 g/mol. The molecule has 150 valence electrons. The van der Waals surface area contributed by atoms with Crippen LogP contribution in [0.4, 0.5) is 5.82 Å². The quantitative estimate of drug-likeness (QED) is 0.670. The van der Waals surface area contributed by atoms with Crippen LogP contribution >= 0.6 is 0 Å². The van der Waals surface area contributed by atoms with Gasteiger partial charge in [-0.05, 0) is 55.9 Å². The fraction of sp³-hybridized carbons (Fsp3) is 0.455. The predicted octanol–water partition coefficient (Wildman–Crippen LogP) is 2.49. The van der Waals surface area contributed by atoms with Crippen LogP contribution < -0.4 is 4.90 Å². The molecule has 7 nitrogen and oxygen atoms in total. The topological polar surface area (TPSA) is 66.6 Å². The zero-order valence-corrected chi connectivity index (χ0v) is 16.7. The number of hydrogen-bond acceptors (Lipinski definition) is 5. The van der Waals surface area contributed by atoms with E-state index in [0.29, 0.717) is 11.9 Å². The van der Waals surface area contributed by atoms with Gasteiger partial charge >= 0.3 is 0 Å². The number of carbonyl (C=O) groups excluding carboxylic acids is 1. The molecule has 1 amide bonds. The van der Waals surface area contributed by atoms with Gasteiger partial charge in [0.25, 0.3) is 0 Å². The van der Waals surface area contributed by atoms with Crippen molar-refractivity contribution >= 4 is 17.4 Å². The van der Waals surface area contributed by atoms with Crippen LogP contribution in [0.15, 0.2) is 43.0 Å². The highest BCUT2D eigenvalue weighted by Crippen LogP contribution is 2.32. The number of rotatable bonds is 5. The van der Waals surface area contributed by atoms with Crippen molar-refractivity contribution in [3.8, 4) is 0 Å². The highest BCUT2D eigenvalue weighted by Gasteiger charge is 2.42. The number of anilines is 1. The number of aromatic nitrogens is 4. The van der Waals surface area contributed by atoms with Gasteiger partial charge in [0.1, 0.15) is 12.1 Å². The number of nitrogens with zero attached hydrogens (tertiary/aromatic N) is 6. The molecule has 3 aromatic rings. The Labute approximate surface area is 170 Å².